The van der Waals surface area contributed by atoms with Crippen LogP contribution in [0.2, 0.25) is 0 Å². The van der Waals surface area contributed by atoms with Crippen LogP contribution in [0.25, 0.3) is 11.0 Å². The molecule has 28 heavy (non-hydrogen) atoms. The summed E-state index contributed by atoms with van der Waals surface area (Å²) >= 11 is 0. The molecular weight excluding hydrogens is 377 g/mol. The van der Waals surface area contributed by atoms with Crippen LogP contribution in [0.4, 0.5) is 18.9 Å². The molecule has 2 N–H and O–H groups in total. The third-order valence-corrected chi connectivity index (χ3v) is 3.98. The molecule has 1 amide bonds. The number of carbonyl (C=O) groups excluding carboxylic acids is 1. The molecule has 0 unspecified atom stereocenters. The Hall–Kier alpha value is -3.33. The van der Waals surface area contributed by atoms with Gasteiger partial charge in [-0.3, -0.25) is 9.69 Å². The van der Waals surface area contributed by atoms with E-state index in [1.807, 2.05) is 0 Å². The predicted octanol–water partition coefficient (Wildman–Crippen LogP) is 2.99. The quantitative estimate of drug-likeness (QED) is 0.515. The van der Waals surface area contributed by atoms with Gasteiger partial charge in [0, 0.05) is 24.1 Å². The lowest BCUT2D eigenvalue weighted by molar-refractivity contribution is -0.117. The number of carbonyl (C=O) groups is 1. The van der Waals surface area contributed by atoms with Gasteiger partial charge in [0.05, 0.1) is 12.2 Å². The van der Waals surface area contributed by atoms with Crippen molar-refractivity contribution in [3.05, 3.63) is 69.8 Å². The monoisotopic (exact) mass is 392 g/mol. The number of phenolic OH excluding ortho intramolecular Hbond substituents is 1. The Kier molecular flexibility index (Phi) is 5.36. The third-order valence-electron chi connectivity index (χ3n) is 3.98. The van der Waals surface area contributed by atoms with E-state index in [0.717, 1.165) is 6.07 Å². The Bertz CT molecular complexity index is 1110. The molecule has 0 fully saturated rings. The number of nitrogens with zero attached hydrogens (tertiary/aromatic N) is 1. The van der Waals surface area contributed by atoms with Gasteiger partial charge in [-0.25, -0.2) is 18.0 Å². The van der Waals surface area contributed by atoms with Crippen molar-refractivity contribution in [1.29, 1.82) is 0 Å². The van der Waals surface area contributed by atoms with Crippen LogP contribution >= 0.6 is 0 Å². The summed E-state index contributed by atoms with van der Waals surface area (Å²) in [4.78, 5) is 25.3. The molecule has 0 bridgehead atoms. The van der Waals surface area contributed by atoms with Crippen molar-refractivity contribution in [3.8, 4) is 5.75 Å². The number of anilines is 1. The molecule has 1 aromatic heterocycles. The van der Waals surface area contributed by atoms with E-state index in [4.69, 9.17) is 4.42 Å². The van der Waals surface area contributed by atoms with E-state index in [1.54, 1.807) is 13.1 Å². The number of fused-ring (bicyclic) bond motifs is 1. The van der Waals surface area contributed by atoms with Crippen LogP contribution in [0, 0.1) is 17.5 Å². The molecule has 3 aromatic rings. The lowest BCUT2D eigenvalue weighted by Gasteiger charge is -2.17. The fraction of sp³-hybridized carbons (Fsp3) is 0.158. The van der Waals surface area contributed by atoms with E-state index < -0.39 is 34.7 Å². The topological polar surface area (TPSA) is 82.8 Å². The number of likely N-dealkylation sites (N-methyl/N-ethyl adjacent to an activating group) is 1. The summed E-state index contributed by atoms with van der Waals surface area (Å²) in [5, 5.41) is 12.3. The molecule has 0 saturated heterocycles. The molecule has 1 heterocycles. The van der Waals surface area contributed by atoms with Gasteiger partial charge in [-0.1, -0.05) is 0 Å². The molecule has 146 valence electrons. The van der Waals surface area contributed by atoms with Gasteiger partial charge in [0.25, 0.3) is 0 Å². The van der Waals surface area contributed by atoms with E-state index in [9.17, 15) is 27.9 Å². The van der Waals surface area contributed by atoms with Crippen LogP contribution in [0.3, 0.4) is 0 Å². The summed E-state index contributed by atoms with van der Waals surface area (Å²) < 4.78 is 44.9. The second kappa shape index (κ2) is 7.73. The number of amides is 1. The predicted molar refractivity (Wildman–Crippen MR) is 95.4 cm³/mol. The fourth-order valence-electron chi connectivity index (χ4n) is 2.75. The summed E-state index contributed by atoms with van der Waals surface area (Å²) in [7, 11) is 1.59. The zero-order valence-corrected chi connectivity index (χ0v) is 14.6. The van der Waals surface area contributed by atoms with Crippen LogP contribution in [0.15, 0.2) is 45.6 Å². The number of hydrogen-bond acceptors (Lipinski definition) is 5. The SMILES string of the molecule is CN(CC(=O)Nc1ccc(F)c(F)c1F)Cc1cc(=O)oc2cc(O)ccc12. The van der Waals surface area contributed by atoms with Gasteiger partial charge in [0.2, 0.25) is 5.91 Å². The maximum absolute atomic E-state index is 13.6. The Labute approximate surface area is 156 Å². The number of phenols is 1. The molecule has 0 atom stereocenters. The molecule has 6 nitrogen and oxygen atoms in total. The van der Waals surface area contributed by atoms with Gasteiger partial charge in [-0.15, -0.1) is 0 Å². The number of hydrogen-bond donors (Lipinski definition) is 2. The maximum atomic E-state index is 13.6. The number of halogens is 3. The average Bonchev–Trinajstić information content (AvgIpc) is 2.61. The molecule has 0 saturated carbocycles. The van der Waals surface area contributed by atoms with Crippen LogP contribution in [0.1, 0.15) is 5.56 Å². The highest BCUT2D eigenvalue weighted by Crippen LogP contribution is 2.23. The molecule has 0 radical (unpaired) electrons. The first-order valence-electron chi connectivity index (χ1n) is 8.12. The molecule has 0 aliphatic carbocycles. The van der Waals surface area contributed by atoms with Crippen LogP contribution < -0.4 is 10.9 Å². The molecule has 0 aliphatic heterocycles. The minimum absolute atomic E-state index is 0.0610. The van der Waals surface area contributed by atoms with Crippen molar-refractivity contribution in [2.75, 3.05) is 18.9 Å². The average molecular weight is 392 g/mol. The smallest absolute Gasteiger partial charge is 0.336 e. The van der Waals surface area contributed by atoms with Gasteiger partial charge in [0.15, 0.2) is 17.5 Å². The first-order chi connectivity index (χ1) is 13.2. The molecule has 9 heteroatoms. The molecule has 2 aromatic carbocycles. The van der Waals surface area contributed by atoms with Crippen molar-refractivity contribution in [1.82, 2.24) is 4.90 Å². The van der Waals surface area contributed by atoms with Gasteiger partial charge >= 0.3 is 5.63 Å². The molecule has 0 spiro atoms. The van der Waals surface area contributed by atoms with E-state index in [0.29, 0.717) is 17.0 Å². The number of aromatic hydroxyl groups is 1. The second-order valence-electron chi connectivity index (χ2n) is 6.21. The highest BCUT2D eigenvalue weighted by molar-refractivity contribution is 5.92. The van der Waals surface area contributed by atoms with Crippen molar-refractivity contribution in [2.24, 2.45) is 0 Å². The van der Waals surface area contributed by atoms with Crippen molar-refractivity contribution < 1.29 is 27.5 Å². The van der Waals surface area contributed by atoms with E-state index in [-0.39, 0.29) is 24.4 Å². The van der Waals surface area contributed by atoms with Gasteiger partial charge in [-0.05, 0) is 36.9 Å². The number of benzene rings is 2. The van der Waals surface area contributed by atoms with E-state index in [1.165, 1.54) is 23.1 Å². The Morgan fingerprint density at radius 2 is 1.89 bits per heavy atom. The Morgan fingerprint density at radius 3 is 2.64 bits per heavy atom. The summed E-state index contributed by atoms with van der Waals surface area (Å²) in [5.41, 5.74) is -0.335. The Balaban J connectivity index is 1.73. The summed E-state index contributed by atoms with van der Waals surface area (Å²) in [6, 6.07) is 7.22. The lowest BCUT2D eigenvalue weighted by Crippen LogP contribution is -2.30. The van der Waals surface area contributed by atoms with Gasteiger partial charge in [-0.2, -0.15) is 0 Å². The first kappa shape index (κ1) is 19.4. The largest absolute Gasteiger partial charge is 0.508 e. The van der Waals surface area contributed by atoms with Crippen LogP contribution in [0.5, 0.6) is 5.75 Å². The number of nitrogens with one attached hydrogen (secondary N) is 1. The third kappa shape index (κ3) is 4.15. The lowest BCUT2D eigenvalue weighted by atomic mass is 10.1. The minimum atomic E-state index is -1.67. The minimum Gasteiger partial charge on any atom is -0.508 e. The zero-order valence-electron chi connectivity index (χ0n) is 14.6. The van der Waals surface area contributed by atoms with E-state index in [2.05, 4.69) is 5.32 Å². The highest BCUT2D eigenvalue weighted by atomic mass is 19.2. The first-order valence-corrected chi connectivity index (χ1v) is 8.12. The van der Waals surface area contributed by atoms with Gasteiger partial charge < -0.3 is 14.8 Å². The molecule has 3 rings (SSSR count). The highest BCUT2D eigenvalue weighted by Gasteiger charge is 2.17. The molecular formula is C19H15F3N2O4. The Morgan fingerprint density at radius 1 is 1.14 bits per heavy atom. The van der Waals surface area contributed by atoms with E-state index >= 15 is 0 Å². The summed E-state index contributed by atoms with van der Waals surface area (Å²) in [5.74, 6) is -5.22. The zero-order chi connectivity index (χ0) is 20.4. The normalized spacial score (nSPS) is 11.2. The summed E-state index contributed by atoms with van der Waals surface area (Å²) in [6.45, 7) is -0.0429. The molecule has 0 aliphatic rings. The maximum Gasteiger partial charge on any atom is 0.336 e. The van der Waals surface area contributed by atoms with Crippen LogP contribution in [-0.4, -0.2) is 29.5 Å². The van der Waals surface area contributed by atoms with Crippen molar-refractivity contribution >= 4 is 22.6 Å². The number of rotatable bonds is 5. The summed E-state index contributed by atoms with van der Waals surface area (Å²) in [6.07, 6.45) is 0. The van der Waals surface area contributed by atoms with Crippen molar-refractivity contribution in [3.63, 3.8) is 0 Å². The van der Waals surface area contributed by atoms with Gasteiger partial charge in [0.1, 0.15) is 11.3 Å². The standard InChI is InChI=1S/C19H15F3N2O4/c1-24(9-16(26)23-14-5-4-13(20)18(21)19(14)22)8-10-6-17(27)28-15-7-11(25)2-3-12(10)15/h2-7,25H,8-9H2,1H3,(H,23,26). The second-order valence-corrected chi connectivity index (χ2v) is 6.21. The fourth-order valence-corrected chi connectivity index (χ4v) is 2.75. The van der Waals surface area contributed by atoms with Crippen LogP contribution in [-0.2, 0) is 11.3 Å². The van der Waals surface area contributed by atoms with Crippen molar-refractivity contribution in [2.45, 2.75) is 6.54 Å².